The summed E-state index contributed by atoms with van der Waals surface area (Å²) in [6, 6.07) is 4.71. The van der Waals surface area contributed by atoms with E-state index in [0.717, 1.165) is 0 Å². The van der Waals surface area contributed by atoms with Gasteiger partial charge in [-0.2, -0.15) is 5.26 Å². The second-order valence-corrected chi connectivity index (χ2v) is 3.52. The summed E-state index contributed by atoms with van der Waals surface area (Å²) in [6.07, 6.45) is 1.80. The van der Waals surface area contributed by atoms with Gasteiger partial charge in [0.15, 0.2) is 0 Å². The van der Waals surface area contributed by atoms with Crippen LogP contribution in [0.3, 0.4) is 0 Å². The number of thioether (sulfide) groups is 1. The third-order valence-corrected chi connectivity index (χ3v) is 2.59. The molecule has 0 atom stereocenters. The molecule has 0 saturated carbocycles. The molecule has 0 aliphatic rings. The maximum absolute atomic E-state index is 10.8. The molecule has 0 unspecified atom stereocenters. The van der Waals surface area contributed by atoms with E-state index in [2.05, 4.69) is 0 Å². The number of benzene rings is 1. The number of carboxylic acid groups (broad SMARTS) is 1. The van der Waals surface area contributed by atoms with Crippen LogP contribution in [0.25, 0.3) is 0 Å². The Kier molecular flexibility index (Phi) is 3.58. The van der Waals surface area contributed by atoms with Gasteiger partial charge < -0.3 is 9.84 Å². The maximum Gasteiger partial charge on any atom is 0.335 e. The van der Waals surface area contributed by atoms with Crippen molar-refractivity contribution in [3.8, 4) is 11.8 Å². The molecule has 0 bridgehead atoms. The highest BCUT2D eigenvalue weighted by atomic mass is 32.2. The number of nitrogens with zero attached hydrogens (tertiary/aromatic N) is 1. The highest BCUT2D eigenvalue weighted by molar-refractivity contribution is 7.98. The van der Waals surface area contributed by atoms with Gasteiger partial charge in [-0.1, -0.05) is 0 Å². The number of aromatic carboxylic acids is 1. The standard InChI is InChI=1S/C10H9NO3S/c1-14-9-7(5-11)3-6(10(12)13)4-8(9)15-2/h3-4H,1-2H3,(H,12,13). The first-order valence-corrected chi connectivity index (χ1v) is 5.26. The predicted molar refractivity (Wildman–Crippen MR) is 56.4 cm³/mol. The lowest BCUT2D eigenvalue weighted by Gasteiger charge is -2.08. The third kappa shape index (κ3) is 2.22. The van der Waals surface area contributed by atoms with E-state index in [1.807, 2.05) is 6.07 Å². The zero-order valence-electron chi connectivity index (χ0n) is 8.27. The summed E-state index contributed by atoms with van der Waals surface area (Å²) in [5.41, 5.74) is 0.332. The van der Waals surface area contributed by atoms with Crippen molar-refractivity contribution in [3.63, 3.8) is 0 Å². The normalized spacial score (nSPS) is 9.40. The molecule has 1 aromatic carbocycles. The van der Waals surface area contributed by atoms with Gasteiger partial charge >= 0.3 is 5.97 Å². The van der Waals surface area contributed by atoms with Crippen molar-refractivity contribution in [2.45, 2.75) is 4.90 Å². The molecule has 78 valence electrons. The summed E-state index contributed by atoms with van der Waals surface area (Å²) >= 11 is 1.34. The van der Waals surface area contributed by atoms with Crippen LogP contribution >= 0.6 is 11.8 Å². The van der Waals surface area contributed by atoms with E-state index in [-0.39, 0.29) is 11.1 Å². The van der Waals surface area contributed by atoms with Crippen molar-refractivity contribution in [3.05, 3.63) is 23.3 Å². The molecule has 0 spiro atoms. The number of nitriles is 1. The van der Waals surface area contributed by atoms with Gasteiger partial charge in [0, 0.05) is 0 Å². The lowest BCUT2D eigenvalue weighted by Crippen LogP contribution is -2.00. The van der Waals surface area contributed by atoms with Crippen molar-refractivity contribution in [1.29, 1.82) is 5.26 Å². The van der Waals surface area contributed by atoms with Crippen molar-refractivity contribution < 1.29 is 14.6 Å². The molecule has 0 heterocycles. The predicted octanol–water partition coefficient (Wildman–Crippen LogP) is 1.99. The smallest absolute Gasteiger partial charge is 0.335 e. The van der Waals surface area contributed by atoms with Gasteiger partial charge in [-0.25, -0.2) is 4.79 Å². The van der Waals surface area contributed by atoms with E-state index < -0.39 is 5.97 Å². The Morgan fingerprint density at radius 2 is 2.27 bits per heavy atom. The van der Waals surface area contributed by atoms with Crippen LogP contribution in [-0.2, 0) is 0 Å². The number of carbonyl (C=O) groups is 1. The summed E-state index contributed by atoms with van der Waals surface area (Å²) in [5.74, 6) is -0.626. The summed E-state index contributed by atoms with van der Waals surface area (Å²) in [6.45, 7) is 0. The first kappa shape index (κ1) is 11.4. The van der Waals surface area contributed by atoms with E-state index in [1.54, 1.807) is 6.26 Å². The van der Waals surface area contributed by atoms with Gasteiger partial charge in [0.25, 0.3) is 0 Å². The van der Waals surface area contributed by atoms with Crippen LogP contribution in [0.1, 0.15) is 15.9 Å². The molecule has 0 fully saturated rings. The zero-order valence-corrected chi connectivity index (χ0v) is 9.09. The van der Waals surface area contributed by atoms with E-state index in [9.17, 15) is 4.79 Å². The first-order valence-electron chi connectivity index (χ1n) is 4.03. The molecular formula is C10H9NO3S. The van der Waals surface area contributed by atoms with Gasteiger partial charge in [-0.3, -0.25) is 0 Å². The molecule has 0 amide bonds. The fraction of sp³-hybridized carbons (Fsp3) is 0.200. The van der Waals surface area contributed by atoms with Crippen molar-refractivity contribution in [1.82, 2.24) is 0 Å². The van der Waals surface area contributed by atoms with Crippen molar-refractivity contribution >= 4 is 17.7 Å². The van der Waals surface area contributed by atoms with Gasteiger partial charge in [-0.15, -0.1) is 11.8 Å². The summed E-state index contributed by atoms with van der Waals surface area (Å²) < 4.78 is 5.06. The molecule has 15 heavy (non-hydrogen) atoms. The Labute approximate surface area is 91.5 Å². The Balaban J connectivity index is 3.44. The van der Waals surface area contributed by atoms with Gasteiger partial charge in [0.1, 0.15) is 11.8 Å². The fourth-order valence-corrected chi connectivity index (χ4v) is 1.79. The minimum absolute atomic E-state index is 0.0942. The highest BCUT2D eigenvalue weighted by Gasteiger charge is 2.14. The lowest BCUT2D eigenvalue weighted by molar-refractivity contribution is 0.0696. The number of hydrogen-bond acceptors (Lipinski definition) is 4. The Morgan fingerprint density at radius 3 is 2.67 bits per heavy atom. The van der Waals surface area contributed by atoms with Gasteiger partial charge in [-0.05, 0) is 18.4 Å². The van der Waals surface area contributed by atoms with E-state index in [0.29, 0.717) is 10.6 Å². The number of methoxy groups -OCH3 is 1. The summed E-state index contributed by atoms with van der Waals surface area (Å²) in [7, 11) is 1.45. The molecule has 4 nitrogen and oxygen atoms in total. The average Bonchev–Trinajstić information content (AvgIpc) is 2.26. The zero-order chi connectivity index (χ0) is 11.4. The van der Waals surface area contributed by atoms with Crippen LogP contribution in [0.4, 0.5) is 0 Å². The van der Waals surface area contributed by atoms with Gasteiger partial charge in [0.05, 0.1) is 23.1 Å². The molecular weight excluding hydrogens is 214 g/mol. The second-order valence-electron chi connectivity index (χ2n) is 2.68. The summed E-state index contributed by atoms with van der Waals surface area (Å²) in [4.78, 5) is 11.4. The molecule has 5 heteroatoms. The van der Waals surface area contributed by atoms with Crippen LogP contribution in [-0.4, -0.2) is 24.4 Å². The molecule has 1 rings (SSSR count). The topological polar surface area (TPSA) is 70.3 Å². The van der Waals surface area contributed by atoms with Crippen LogP contribution in [0.2, 0.25) is 0 Å². The Hall–Kier alpha value is -1.67. The molecule has 1 N–H and O–H groups in total. The average molecular weight is 223 g/mol. The molecule has 0 radical (unpaired) electrons. The van der Waals surface area contributed by atoms with Crippen molar-refractivity contribution in [2.75, 3.05) is 13.4 Å². The first-order chi connectivity index (χ1) is 7.13. The minimum atomic E-state index is -1.05. The molecule has 0 aliphatic carbocycles. The number of ether oxygens (including phenoxy) is 1. The van der Waals surface area contributed by atoms with Crippen LogP contribution < -0.4 is 4.74 Å². The maximum atomic E-state index is 10.8. The molecule has 0 aliphatic heterocycles. The highest BCUT2D eigenvalue weighted by Crippen LogP contribution is 2.32. The Bertz CT molecular complexity index is 437. The Morgan fingerprint density at radius 1 is 1.60 bits per heavy atom. The van der Waals surface area contributed by atoms with Crippen molar-refractivity contribution in [2.24, 2.45) is 0 Å². The minimum Gasteiger partial charge on any atom is -0.494 e. The largest absolute Gasteiger partial charge is 0.494 e. The fourth-order valence-electron chi connectivity index (χ4n) is 1.17. The van der Waals surface area contributed by atoms with Crippen LogP contribution in [0.5, 0.6) is 5.75 Å². The number of rotatable bonds is 3. The summed E-state index contributed by atoms with van der Waals surface area (Å²) in [5, 5.41) is 17.7. The van der Waals surface area contributed by atoms with E-state index in [4.69, 9.17) is 15.1 Å². The quantitative estimate of drug-likeness (QED) is 0.793. The van der Waals surface area contributed by atoms with E-state index >= 15 is 0 Å². The molecule has 0 aromatic heterocycles. The third-order valence-electron chi connectivity index (χ3n) is 1.85. The molecule has 1 aromatic rings. The van der Waals surface area contributed by atoms with Crippen LogP contribution in [0.15, 0.2) is 17.0 Å². The lowest BCUT2D eigenvalue weighted by atomic mass is 10.1. The molecule has 0 saturated heterocycles. The van der Waals surface area contributed by atoms with E-state index in [1.165, 1.54) is 31.0 Å². The van der Waals surface area contributed by atoms with Gasteiger partial charge in [0.2, 0.25) is 0 Å². The second kappa shape index (κ2) is 4.71. The number of hydrogen-bond donors (Lipinski definition) is 1. The monoisotopic (exact) mass is 223 g/mol. The SMILES string of the molecule is COc1c(C#N)cc(C(=O)O)cc1SC. The van der Waals surface area contributed by atoms with Crippen LogP contribution in [0, 0.1) is 11.3 Å². The number of carboxylic acids is 1.